The first-order chi connectivity index (χ1) is 29.3. The first-order valence-corrected chi connectivity index (χ1v) is 22.9. The van der Waals surface area contributed by atoms with Crippen LogP contribution in [0, 0.1) is 17.7 Å². The largest absolute Gasteiger partial charge is 0.463 e. The van der Waals surface area contributed by atoms with Crippen molar-refractivity contribution >= 4 is 33.5 Å². The highest BCUT2D eigenvalue weighted by Crippen LogP contribution is 2.51. The summed E-state index contributed by atoms with van der Waals surface area (Å²) in [5, 5.41) is 5.76. The van der Waals surface area contributed by atoms with E-state index in [0.29, 0.717) is 18.8 Å². The number of anilines is 1. The van der Waals surface area contributed by atoms with E-state index in [0.717, 1.165) is 63.7 Å². The third-order valence-electron chi connectivity index (χ3n) is 13.1. The normalized spacial score (nSPS) is 21.9. The molecule has 3 saturated heterocycles. The van der Waals surface area contributed by atoms with E-state index in [-0.39, 0.29) is 71.8 Å². The molecule has 1 aliphatic carbocycles. The smallest absolute Gasteiger partial charge is 0.407 e. The summed E-state index contributed by atoms with van der Waals surface area (Å²) in [5.74, 6) is -0.993. The SMILES string of the molecule is CCOC(=O)/C=C/CNC(=O)c1cccc(S(=O)(=O)c2ccc(N3CC(F)(CN4CCC(C(CN5CCC5)(c5cccc(F)c5)[C@H]5CCC[C@@H]5NC(=O)OC)CC4)C3)cc2)c1. The summed E-state index contributed by atoms with van der Waals surface area (Å²) in [4.78, 5) is 43.3. The molecular formula is C46H57F2N5O7S. The number of sulfone groups is 1. The molecule has 3 atom stereocenters. The molecule has 61 heavy (non-hydrogen) atoms. The van der Waals surface area contributed by atoms with Gasteiger partial charge in [-0.25, -0.2) is 26.8 Å². The molecule has 2 N–H and O–H groups in total. The van der Waals surface area contributed by atoms with Crippen molar-refractivity contribution in [3.63, 3.8) is 0 Å². The van der Waals surface area contributed by atoms with Crippen LogP contribution in [0.2, 0.25) is 0 Å². The number of alkyl halides is 1. The molecule has 0 radical (unpaired) electrons. The Labute approximate surface area is 357 Å². The fraction of sp³-hybridized carbons (Fsp3) is 0.500. The molecule has 15 heteroatoms. The van der Waals surface area contributed by atoms with Gasteiger partial charge in [0, 0.05) is 48.4 Å². The summed E-state index contributed by atoms with van der Waals surface area (Å²) in [6, 6.07) is 19.0. The molecule has 2 amide bonds. The van der Waals surface area contributed by atoms with Gasteiger partial charge in [-0.15, -0.1) is 0 Å². The van der Waals surface area contributed by atoms with E-state index in [1.54, 1.807) is 31.2 Å². The van der Waals surface area contributed by atoms with Gasteiger partial charge in [-0.1, -0.05) is 30.7 Å². The Kier molecular flexibility index (Phi) is 13.8. The molecule has 3 aromatic rings. The van der Waals surface area contributed by atoms with Gasteiger partial charge in [0.2, 0.25) is 9.84 Å². The molecule has 1 unspecified atom stereocenters. The molecule has 0 bridgehead atoms. The molecule has 3 aromatic carbocycles. The van der Waals surface area contributed by atoms with Crippen molar-refractivity contribution < 1.29 is 41.1 Å². The fourth-order valence-electron chi connectivity index (χ4n) is 10.0. The molecule has 0 spiro atoms. The van der Waals surface area contributed by atoms with Gasteiger partial charge in [-0.2, -0.15) is 0 Å². The van der Waals surface area contributed by atoms with Crippen LogP contribution >= 0.6 is 0 Å². The van der Waals surface area contributed by atoms with Crippen LogP contribution in [-0.2, 0) is 29.5 Å². The molecule has 328 valence electrons. The second-order valence-corrected chi connectivity index (χ2v) is 18.9. The number of hydrogen-bond acceptors (Lipinski definition) is 10. The van der Waals surface area contributed by atoms with E-state index in [1.165, 1.54) is 61.7 Å². The zero-order valence-corrected chi connectivity index (χ0v) is 35.8. The number of ether oxygens (including phenoxy) is 2. The lowest BCUT2D eigenvalue weighted by Crippen LogP contribution is -2.65. The zero-order chi connectivity index (χ0) is 43.2. The van der Waals surface area contributed by atoms with E-state index in [2.05, 4.69) is 26.5 Å². The number of piperidine rings is 1. The molecular weight excluding hydrogens is 805 g/mol. The maximum absolute atomic E-state index is 16.4. The van der Waals surface area contributed by atoms with Crippen molar-refractivity contribution in [3.05, 3.63) is 102 Å². The van der Waals surface area contributed by atoms with E-state index in [1.807, 2.05) is 4.90 Å². The molecule has 3 aliphatic heterocycles. The third-order valence-corrected chi connectivity index (χ3v) is 14.8. The predicted molar refractivity (Wildman–Crippen MR) is 227 cm³/mol. The minimum absolute atomic E-state index is 0.0416. The monoisotopic (exact) mass is 861 g/mol. The molecule has 4 fully saturated rings. The van der Waals surface area contributed by atoms with E-state index in [9.17, 15) is 22.8 Å². The number of amides is 2. The number of nitrogens with zero attached hydrogens (tertiary/aromatic N) is 3. The van der Waals surface area contributed by atoms with Crippen LogP contribution in [0.25, 0.3) is 0 Å². The Bertz CT molecular complexity index is 2170. The van der Waals surface area contributed by atoms with Crippen LogP contribution < -0.4 is 15.5 Å². The Morgan fingerprint density at radius 3 is 2.31 bits per heavy atom. The lowest BCUT2D eigenvalue weighted by molar-refractivity contribution is -0.137. The second-order valence-electron chi connectivity index (χ2n) is 16.9. The topological polar surface area (TPSA) is 138 Å². The number of carbonyl (C=O) groups excluding carboxylic acids is 3. The van der Waals surface area contributed by atoms with Crippen LogP contribution in [0.1, 0.15) is 61.4 Å². The number of hydrogen-bond donors (Lipinski definition) is 2. The Balaban J connectivity index is 0.971. The van der Waals surface area contributed by atoms with Gasteiger partial charge in [0.15, 0.2) is 5.67 Å². The average molecular weight is 862 g/mol. The van der Waals surface area contributed by atoms with Crippen LogP contribution in [0.3, 0.4) is 0 Å². The summed E-state index contributed by atoms with van der Waals surface area (Å²) in [6.45, 7) is 6.80. The van der Waals surface area contributed by atoms with Crippen molar-refractivity contribution in [3.8, 4) is 0 Å². The number of nitrogens with one attached hydrogen (secondary N) is 2. The number of benzene rings is 3. The highest BCUT2D eigenvalue weighted by atomic mass is 32.2. The molecule has 3 heterocycles. The quantitative estimate of drug-likeness (QED) is 0.132. The summed E-state index contributed by atoms with van der Waals surface area (Å²) >= 11 is 0. The van der Waals surface area contributed by atoms with Gasteiger partial charge >= 0.3 is 12.1 Å². The number of methoxy groups -OCH3 is 1. The Hall–Kier alpha value is -4.86. The first kappa shape index (κ1) is 44.2. The summed E-state index contributed by atoms with van der Waals surface area (Å²) in [6.07, 6.45) is 7.70. The third kappa shape index (κ3) is 9.94. The van der Waals surface area contributed by atoms with Crippen molar-refractivity contribution in [2.24, 2.45) is 11.8 Å². The van der Waals surface area contributed by atoms with Gasteiger partial charge in [0.1, 0.15) is 5.82 Å². The van der Waals surface area contributed by atoms with E-state index in [4.69, 9.17) is 9.47 Å². The van der Waals surface area contributed by atoms with Crippen LogP contribution in [0.5, 0.6) is 0 Å². The number of carbonyl (C=O) groups is 3. The predicted octanol–water partition coefficient (Wildman–Crippen LogP) is 5.92. The maximum Gasteiger partial charge on any atom is 0.407 e. The van der Waals surface area contributed by atoms with Crippen molar-refractivity contribution in [1.29, 1.82) is 0 Å². The summed E-state index contributed by atoms with van der Waals surface area (Å²) in [7, 11) is -2.59. The molecule has 12 nitrogen and oxygen atoms in total. The van der Waals surface area contributed by atoms with Crippen molar-refractivity contribution in [1.82, 2.24) is 20.4 Å². The minimum atomic E-state index is -3.97. The number of rotatable bonds is 16. The van der Waals surface area contributed by atoms with Crippen LogP contribution in [0.4, 0.5) is 19.3 Å². The van der Waals surface area contributed by atoms with Gasteiger partial charge < -0.3 is 29.9 Å². The van der Waals surface area contributed by atoms with E-state index >= 15 is 8.78 Å². The van der Waals surface area contributed by atoms with Gasteiger partial charge in [0.25, 0.3) is 5.91 Å². The van der Waals surface area contributed by atoms with Crippen LogP contribution in [0.15, 0.2) is 94.7 Å². The minimum Gasteiger partial charge on any atom is -0.463 e. The summed E-state index contributed by atoms with van der Waals surface area (Å²) in [5.41, 5.74) is 0.00349. The molecule has 7 rings (SSSR count). The highest BCUT2D eigenvalue weighted by Gasteiger charge is 2.54. The van der Waals surface area contributed by atoms with E-state index < -0.39 is 38.9 Å². The first-order valence-electron chi connectivity index (χ1n) is 21.4. The number of likely N-dealkylation sites (tertiary alicyclic amines) is 2. The standard InChI is InChI=1S/C46H57F2N5O7S/c1-3-60-42(54)15-7-22-49-43(55)33-9-4-12-39(27-33)61(57,58)38-18-16-37(17-19-38)53-30-45(48,31-53)29-52-25-20-34(21-26-52)46(32-51-23-8-24-51,35-10-5-11-36(47)28-35)40-13-6-14-41(40)50-44(56)59-2/h4-5,7,9-12,15-19,27-28,34,40-41H,3,6,8,13-14,20-26,29-32H2,1-2H3,(H,49,55)(H,50,56)/b15-7+/t40-,41-,46?/m0/s1. The van der Waals surface area contributed by atoms with Gasteiger partial charge in [-0.3, -0.25) is 9.69 Å². The zero-order valence-electron chi connectivity index (χ0n) is 35.0. The van der Waals surface area contributed by atoms with Crippen LogP contribution in [-0.4, -0.2) is 121 Å². The Morgan fingerprint density at radius 1 is 0.902 bits per heavy atom. The average Bonchev–Trinajstić information content (AvgIpc) is 3.70. The lowest BCUT2D eigenvalue weighted by atomic mass is 9.57. The van der Waals surface area contributed by atoms with Gasteiger partial charge in [-0.05, 0) is 137 Å². The van der Waals surface area contributed by atoms with Crippen molar-refractivity contribution in [2.75, 3.05) is 77.5 Å². The number of alkyl carbamates (subject to hydrolysis) is 1. The fourth-order valence-corrected chi connectivity index (χ4v) is 11.3. The molecule has 1 saturated carbocycles. The maximum atomic E-state index is 16.4. The van der Waals surface area contributed by atoms with Crippen molar-refractivity contribution in [2.45, 2.75) is 72.4 Å². The molecule has 4 aliphatic rings. The van der Waals surface area contributed by atoms with Gasteiger partial charge in [0.05, 0.1) is 36.6 Å². The molecule has 0 aromatic heterocycles. The summed E-state index contributed by atoms with van der Waals surface area (Å²) < 4.78 is 68.4. The Morgan fingerprint density at radius 2 is 1.64 bits per heavy atom. The number of halogens is 2. The number of esters is 1. The second kappa shape index (κ2) is 19.0. The highest BCUT2D eigenvalue weighted by molar-refractivity contribution is 7.91. The lowest BCUT2D eigenvalue weighted by Gasteiger charge is -2.54.